The summed E-state index contributed by atoms with van der Waals surface area (Å²) in [4.78, 5) is 46.1. The summed E-state index contributed by atoms with van der Waals surface area (Å²) >= 11 is 3.78. The third-order valence-corrected chi connectivity index (χ3v) is 3.24. The molecule has 3 amide bonds. The van der Waals surface area contributed by atoms with Gasteiger partial charge in [0.25, 0.3) is 0 Å². The molecule has 138 valence electrons. The second kappa shape index (κ2) is 10.8. The lowest BCUT2D eigenvalue weighted by molar-refractivity contribution is -0.142. The zero-order chi connectivity index (χ0) is 18.9. The fourth-order valence-corrected chi connectivity index (χ4v) is 1.80. The zero-order valence-corrected chi connectivity index (χ0v) is 13.8. The minimum absolute atomic E-state index is 0.201. The van der Waals surface area contributed by atoms with Crippen molar-refractivity contribution in [1.29, 1.82) is 0 Å². The molecule has 0 aliphatic heterocycles. The maximum absolute atomic E-state index is 12.0. The topological polar surface area (TPSA) is 191 Å². The smallest absolute Gasteiger partial charge is 0.327 e. The van der Waals surface area contributed by atoms with Crippen LogP contribution in [0.3, 0.4) is 0 Å². The predicted octanol–water partition coefficient (Wildman–Crippen LogP) is -4.21. The van der Waals surface area contributed by atoms with Crippen LogP contribution in [0.1, 0.15) is 6.92 Å². The Bertz CT molecular complexity index is 474. The van der Waals surface area contributed by atoms with Crippen LogP contribution in [-0.2, 0) is 19.2 Å². The molecule has 0 saturated carbocycles. The number of thiol groups is 1. The average Bonchev–Trinajstić information content (AvgIpc) is 2.53. The molecule has 0 heterocycles. The molecule has 0 rings (SSSR count). The molecular weight excluding hydrogens is 344 g/mol. The zero-order valence-electron chi connectivity index (χ0n) is 12.9. The number of aliphatic carboxylic acids is 1. The van der Waals surface area contributed by atoms with Crippen LogP contribution < -0.4 is 21.7 Å². The molecule has 0 aromatic rings. The Kier molecular flexibility index (Phi) is 9.95. The minimum atomic E-state index is -1.50. The Morgan fingerprint density at radius 1 is 1.08 bits per heavy atom. The molecule has 4 atom stereocenters. The number of carboxylic acids is 1. The Morgan fingerprint density at radius 3 is 2.04 bits per heavy atom. The molecule has 12 heteroatoms. The molecular formula is C12H22N4O7S. The third kappa shape index (κ3) is 7.12. The molecule has 0 radical (unpaired) electrons. The fraction of sp³-hybridized carbons (Fsp3) is 0.667. The molecule has 11 nitrogen and oxygen atoms in total. The van der Waals surface area contributed by atoms with E-state index in [1.54, 1.807) is 0 Å². The van der Waals surface area contributed by atoms with E-state index in [0.29, 0.717) is 0 Å². The molecule has 4 unspecified atom stereocenters. The second-order valence-corrected chi connectivity index (χ2v) is 5.18. The number of carbonyl (C=O) groups excluding carboxylic acids is 3. The number of rotatable bonds is 10. The summed E-state index contributed by atoms with van der Waals surface area (Å²) < 4.78 is 0. The highest BCUT2D eigenvalue weighted by Crippen LogP contribution is 1.98. The molecule has 0 spiro atoms. The highest BCUT2D eigenvalue weighted by atomic mass is 32.1. The average molecular weight is 366 g/mol. The summed E-state index contributed by atoms with van der Waals surface area (Å²) in [5.41, 5.74) is 5.08. The number of carbonyl (C=O) groups is 4. The van der Waals surface area contributed by atoms with Gasteiger partial charge in [0.05, 0.1) is 19.3 Å². The van der Waals surface area contributed by atoms with E-state index in [2.05, 4.69) is 28.6 Å². The van der Waals surface area contributed by atoms with Gasteiger partial charge in [-0.3, -0.25) is 14.4 Å². The molecule has 0 saturated heterocycles. The van der Waals surface area contributed by atoms with Gasteiger partial charge in [-0.1, -0.05) is 0 Å². The number of hydrogen-bond donors (Lipinski definition) is 8. The van der Waals surface area contributed by atoms with Crippen LogP contribution in [-0.4, -0.2) is 82.1 Å². The van der Waals surface area contributed by atoms with Gasteiger partial charge in [-0.25, -0.2) is 4.79 Å². The van der Waals surface area contributed by atoms with Gasteiger partial charge < -0.3 is 37.0 Å². The van der Waals surface area contributed by atoms with E-state index in [9.17, 15) is 24.3 Å². The number of amides is 3. The van der Waals surface area contributed by atoms with Crippen LogP contribution in [0.15, 0.2) is 0 Å². The van der Waals surface area contributed by atoms with Crippen molar-refractivity contribution in [2.45, 2.75) is 31.2 Å². The van der Waals surface area contributed by atoms with Gasteiger partial charge in [-0.15, -0.1) is 0 Å². The van der Waals surface area contributed by atoms with Crippen molar-refractivity contribution >= 4 is 36.3 Å². The molecule has 0 aromatic heterocycles. The molecule has 0 fully saturated rings. The van der Waals surface area contributed by atoms with Gasteiger partial charge in [0, 0.05) is 5.75 Å². The summed E-state index contributed by atoms with van der Waals surface area (Å²) in [5, 5.41) is 34.0. The van der Waals surface area contributed by atoms with Crippen LogP contribution in [0.5, 0.6) is 0 Å². The van der Waals surface area contributed by atoms with Gasteiger partial charge in [0.15, 0.2) is 0 Å². The van der Waals surface area contributed by atoms with Gasteiger partial charge >= 0.3 is 5.97 Å². The molecule has 24 heavy (non-hydrogen) atoms. The van der Waals surface area contributed by atoms with Crippen molar-refractivity contribution in [2.75, 3.05) is 18.9 Å². The van der Waals surface area contributed by atoms with Gasteiger partial charge in [-0.2, -0.15) is 12.6 Å². The van der Waals surface area contributed by atoms with E-state index in [4.69, 9.17) is 15.9 Å². The SMILES string of the molecule is CC(O)C(NC(=O)C(CO)NC(=O)CN)C(=O)NC(CS)C(=O)O. The lowest BCUT2D eigenvalue weighted by atomic mass is 10.1. The first-order chi connectivity index (χ1) is 11.2. The van der Waals surface area contributed by atoms with Gasteiger partial charge in [0.2, 0.25) is 17.7 Å². The van der Waals surface area contributed by atoms with Crippen LogP contribution in [0.4, 0.5) is 0 Å². The van der Waals surface area contributed by atoms with E-state index in [1.165, 1.54) is 6.92 Å². The summed E-state index contributed by atoms with van der Waals surface area (Å²) in [5.74, 6) is -4.15. The van der Waals surface area contributed by atoms with E-state index >= 15 is 0 Å². The largest absolute Gasteiger partial charge is 0.480 e. The number of carboxylic acid groups (broad SMARTS) is 1. The maximum Gasteiger partial charge on any atom is 0.327 e. The Labute approximate surface area is 143 Å². The highest BCUT2D eigenvalue weighted by Gasteiger charge is 2.31. The van der Waals surface area contributed by atoms with E-state index in [0.717, 1.165) is 0 Å². The minimum Gasteiger partial charge on any atom is -0.480 e. The number of aliphatic hydroxyl groups excluding tert-OH is 2. The first-order valence-corrected chi connectivity index (χ1v) is 7.53. The summed E-state index contributed by atoms with van der Waals surface area (Å²) in [7, 11) is 0. The number of hydrogen-bond acceptors (Lipinski definition) is 8. The summed E-state index contributed by atoms with van der Waals surface area (Å²) in [6, 6.07) is -4.19. The third-order valence-electron chi connectivity index (χ3n) is 2.88. The lowest BCUT2D eigenvalue weighted by Crippen LogP contribution is -2.60. The Balaban J connectivity index is 4.99. The van der Waals surface area contributed by atoms with Crippen molar-refractivity contribution in [1.82, 2.24) is 16.0 Å². The van der Waals surface area contributed by atoms with Crippen LogP contribution in [0.25, 0.3) is 0 Å². The molecule has 8 N–H and O–H groups in total. The van der Waals surface area contributed by atoms with Gasteiger partial charge in [0.1, 0.15) is 18.1 Å². The maximum atomic E-state index is 12.0. The van der Waals surface area contributed by atoms with E-state index in [1.807, 2.05) is 0 Å². The van der Waals surface area contributed by atoms with Crippen LogP contribution in [0.2, 0.25) is 0 Å². The molecule has 0 aliphatic rings. The fourth-order valence-electron chi connectivity index (χ4n) is 1.55. The second-order valence-electron chi connectivity index (χ2n) is 4.82. The summed E-state index contributed by atoms with van der Waals surface area (Å²) in [6.45, 7) is 0.0276. The number of nitrogens with one attached hydrogen (secondary N) is 3. The molecule has 0 bridgehead atoms. The quantitative estimate of drug-likeness (QED) is 0.178. The van der Waals surface area contributed by atoms with Crippen LogP contribution in [0, 0.1) is 0 Å². The normalized spacial score (nSPS) is 15.5. The number of aliphatic hydroxyl groups is 2. The lowest BCUT2D eigenvalue weighted by Gasteiger charge is -2.25. The monoisotopic (exact) mass is 366 g/mol. The standard InChI is InChI=1S/C12H22N4O7S/c1-5(18)9(11(21)15-7(4-24)12(22)23)16-10(20)6(3-17)14-8(19)2-13/h5-7,9,17-18,24H,2-4,13H2,1H3,(H,14,19)(H,15,21)(H,16,20)(H,22,23). The summed E-state index contributed by atoms with van der Waals surface area (Å²) in [6.07, 6.45) is -1.37. The van der Waals surface area contributed by atoms with Crippen molar-refractivity contribution in [3.63, 3.8) is 0 Å². The van der Waals surface area contributed by atoms with E-state index < -0.39 is 61.1 Å². The molecule has 0 aromatic carbocycles. The van der Waals surface area contributed by atoms with Crippen molar-refractivity contribution in [2.24, 2.45) is 5.73 Å². The van der Waals surface area contributed by atoms with E-state index in [-0.39, 0.29) is 5.75 Å². The van der Waals surface area contributed by atoms with Crippen molar-refractivity contribution in [3.05, 3.63) is 0 Å². The molecule has 0 aliphatic carbocycles. The van der Waals surface area contributed by atoms with Crippen molar-refractivity contribution < 1.29 is 34.5 Å². The van der Waals surface area contributed by atoms with Crippen molar-refractivity contribution in [3.8, 4) is 0 Å². The Hall–Kier alpha value is -1.89. The Morgan fingerprint density at radius 2 is 1.67 bits per heavy atom. The van der Waals surface area contributed by atoms with Crippen LogP contribution >= 0.6 is 12.6 Å². The first-order valence-electron chi connectivity index (χ1n) is 6.90. The number of nitrogens with two attached hydrogens (primary N) is 1. The predicted molar refractivity (Wildman–Crippen MR) is 85.1 cm³/mol. The first kappa shape index (κ1) is 22.1. The van der Waals surface area contributed by atoms with Gasteiger partial charge in [-0.05, 0) is 6.92 Å². The highest BCUT2D eigenvalue weighted by molar-refractivity contribution is 7.80.